The highest BCUT2D eigenvalue weighted by Crippen LogP contribution is 2.27. The fourth-order valence-electron chi connectivity index (χ4n) is 1.78. The van der Waals surface area contributed by atoms with Crippen LogP contribution in [0.2, 0.25) is 5.15 Å². The van der Waals surface area contributed by atoms with Crippen molar-refractivity contribution in [2.75, 3.05) is 0 Å². The van der Waals surface area contributed by atoms with Gasteiger partial charge in [0.15, 0.2) is 0 Å². The van der Waals surface area contributed by atoms with Gasteiger partial charge >= 0.3 is 0 Å². The number of aromatic nitrogens is 2. The Kier molecular flexibility index (Phi) is 3.92. The van der Waals surface area contributed by atoms with Gasteiger partial charge < -0.3 is 0 Å². The normalized spacial score (nSPS) is 10.7. The lowest BCUT2D eigenvalue weighted by Gasteiger charge is -2.09. The second kappa shape index (κ2) is 5.44. The predicted molar refractivity (Wildman–Crippen MR) is 71.2 cm³/mol. The van der Waals surface area contributed by atoms with E-state index in [-0.39, 0.29) is 5.82 Å². The van der Waals surface area contributed by atoms with Crippen LogP contribution in [0, 0.1) is 12.7 Å². The molecule has 1 aromatic carbocycles. The van der Waals surface area contributed by atoms with Crippen molar-refractivity contribution in [3.63, 3.8) is 0 Å². The molecule has 0 bridgehead atoms. The zero-order chi connectivity index (χ0) is 13.1. The van der Waals surface area contributed by atoms with E-state index in [9.17, 15) is 4.39 Å². The first-order valence-electron chi connectivity index (χ1n) is 5.91. The van der Waals surface area contributed by atoms with Crippen molar-refractivity contribution in [3.8, 4) is 11.3 Å². The smallest absolute Gasteiger partial charge is 0.136 e. The van der Waals surface area contributed by atoms with Gasteiger partial charge in [-0.15, -0.1) is 0 Å². The minimum absolute atomic E-state index is 0.294. The van der Waals surface area contributed by atoms with Crippen molar-refractivity contribution in [2.24, 2.45) is 0 Å². The third-order valence-corrected chi connectivity index (χ3v) is 3.10. The molecule has 2 nitrogen and oxygen atoms in total. The molecule has 2 aromatic rings. The molecule has 0 saturated heterocycles. The van der Waals surface area contributed by atoms with Gasteiger partial charge in [0.2, 0.25) is 0 Å². The number of hydrogen-bond donors (Lipinski definition) is 0. The van der Waals surface area contributed by atoms with E-state index in [1.54, 1.807) is 25.1 Å². The molecule has 0 saturated carbocycles. The van der Waals surface area contributed by atoms with Crippen molar-refractivity contribution < 1.29 is 4.39 Å². The average Bonchev–Trinajstić information content (AvgIpc) is 2.35. The summed E-state index contributed by atoms with van der Waals surface area (Å²) >= 11 is 6.08. The second-order valence-electron chi connectivity index (χ2n) is 4.13. The summed E-state index contributed by atoms with van der Waals surface area (Å²) in [5, 5.41) is 0.395. The van der Waals surface area contributed by atoms with E-state index in [1.165, 1.54) is 6.07 Å². The molecule has 0 radical (unpaired) electrons. The maximum atomic E-state index is 13.8. The first-order valence-corrected chi connectivity index (χ1v) is 6.29. The van der Waals surface area contributed by atoms with Crippen LogP contribution in [-0.2, 0) is 6.42 Å². The highest BCUT2D eigenvalue weighted by molar-refractivity contribution is 6.30. The van der Waals surface area contributed by atoms with E-state index in [0.717, 1.165) is 12.8 Å². The van der Waals surface area contributed by atoms with Gasteiger partial charge in [-0.3, -0.25) is 0 Å². The molecule has 4 heteroatoms. The topological polar surface area (TPSA) is 25.8 Å². The van der Waals surface area contributed by atoms with Crippen molar-refractivity contribution in [2.45, 2.75) is 26.7 Å². The van der Waals surface area contributed by atoms with E-state index in [2.05, 4.69) is 9.97 Å². The fraction of sp³-hybridized carbons (Fsp3) is 0.286. The quantitative estimate of drug-likeness (QED) is 0.777. The predicted octanol–water partition coefficient (Wildman–Crippen LogP) is 4.20. The van der Waals surface area contributed by atoms with Crippen molar-refractivity contribution in [1.82, 2.24) is 9.97 Å². The average molecular weight is 265 g/mol. The summed E-state index contributed by atoms with van der Waals surface area (Å²) in [5.41, 5.74) is 1.76. The van der Waals surface area contributed by atoms with Gasteiger partial charge in [0.05, 0.1) is 5.69 Å². The summed E-state index contributed by atoms with van der Waals surface area (Å²) < 4.78 is 13.8. The summed E-state index contributed by atoms with van der Waals surface area (Å²) in [6.07, 6.45) is 1.66. The molecule has 0 fully saturated rings. The summed E-state index contributed by atoms with van der Waals surface area (Å²) in [6.45, 7) is 3.85. The van der Waals surface area contributed by atoms with Crippen LogP contribution in [0.25, 0.3) is 11.3 Å². The molecular weight excluding hydrogens is 251 g/mol. The third kappa shape index (κ3) is 2.51. The summed E-state index contributed by atoms with van der Waals surface area (Å²) in [5.74, 6) is 0.365. The third-order valence-electron chi connectivity index (χ3n) is 2.74. The summed E-state index contributed by atoms with van der Waals surface area (Å²) in [4.78, 5) is 8.63. The van der Waals surface area contributed by atoms with Gasteiger partial charge in [0, 0.05) is 17.5 Å². The van der Waals surface area contributed by atoms with E-state index in [0.29, 0.717) is 27.8 Å². The summed E-state index contributed by atoms with van der Waals surface area (Å²) in [7, 11) is 0. The standard InChI is InChI=1S/C14H14ClFN2/c1-3-6-12-17-13(9(2)14(15)18-12)10-7-4-5-8-11(10)16/h4-5,7-8H,3,6H2,1-2H3. The molecule has 94 valence electrons. The Labute approximate surface area is 111 Å². The van der Waals surface area contributed by atoms with Gasteiger partial charge in [0.1, 0.15) is 16.8 Å². The molecule has 2 rings (SSSR count). The Morgan fingerprint density at radius 3 is 2.61 bits per heavy atom. The first kappa shape index (κ1) is 13.0. The Morgan fingerprint density at radius 1 is 1.22 bits per heavy atom. The van der Waals surface area contributed by atoms with Crippen LogP contribution in [0.1, 0.15) is 24.7 Å². The molecule has 0 aliphatic rings. The van der Waals surface area contributed by atoms with Gasteiger partial charge in [-0.05, 0) is 25.5 Å². The van der Waals surface area contributed by atoms with Crippen LogP contribution in [-0.4, -0.2) is 9.97 Å². The van der Waals surface area contributed by atoms with Crippen LogP contribution in [0.5, 0.6) is 0 Å². The lowest BCUT2D eigenvalue weighted by Crippen LogP contribution is -2.01. The zero-order valence-corrected chi connectivity index (χ0v) is 11.1. The largest absolute Gasteiger partial charge is 0.232 e. The van der Waals surface area contributed by atoms with Crippen molar-refractivity contribution in [3.05, 3.63) is 46.6 Å². The highest BCUT2D eigenvalue weighted by Gasteiger charge is 2.13. The molecule has 0 spiro atoms. The number of halogens is 2. The van der Waals surface area contributed by atoms with Crippen LogP contribution >= 0.6 is 11.6 Å². The Bertz CT molecular complexity index is 570. The van der Waals surface area contributed by atoms with Crippen LogP contribution < -0.4 is 0 Å². The molecule has 0 aliphatic heterocycles. The Hall–Kier alpha value is -1.48. The Balaban J connectivity index is 2.59. The highest BCUT2D eigenvalue weighted by atomic mass is 35.5. The lowest BCUT2D eigenvalue weighted by atomic mass is 10.1. The van der Waals surface area contributed by atoms with Gasteiger partial charge in [-0.2, -0.15) is 0 Å². The number of hydrogen-bond acceptors (Lipinski definition) is 2. The molecule has 18 heavy (non-hydrogen) atoms. The van der Waals surface area contributed by atoms with E-state index in [1.807, 2.05) is 6.92 Å². The Morgan fingerprint density at radius 2 is 1.94 bits per heavy atom. The fourth-order valence-corrected chi connectivity index (χ4v) is 1.97. The summed E-state index contributed by atoms with van der Waals surface area (Å²) in [6, 6.07) is 6.57. The van der Waals surface area contributed by atoms with Gasteiger partial charge in [0.25, 0.3) is 0 Å². The molecule has 0 amide bonds. The zero-order valence-electron chi connectivity index (χ0n) is 10.4. The molecule has 0 atom stereocenters. The number of aryl methyl sites for hydroxylation is 1. The minimum atomic E-state index is -0.294. The second-order valence-corrected chi connectivity index (χ2v) is 4.49. The van der Waals surface area contributed by atoms with Crippen LogP contribution in [0.15, 0.2) is 24.3 Å². The number of benzene rings is 1. The minimum Gasteiger partial charge on any atom is -0.232 e. The van der Waals surface area contributed by atoms with Crippen LogP contribution in [0.4, 0.5) is 4.39 Å². The molecule has 1 heterocycles. The van der Waals surface area contributed by atoms with Gasteiger partial charge in [-0.1, -0.05) is 30.7 Å². The SMILES string of the molecule is CCCc1nc(Cl)c(C)c(-c2ccccc2F)n1. The van der Waals surface area contributed by atoms with Gasteiger partial charge in [-0.25, -0.2) is 14.4 Å². The van der Waals surface area contributed by atoms with E-state index < -0.39 is 0 Å². The molecule has 1 aromatic heterocycles. The van der Waals surface area contributed by atoms with E-state index >= 15 is 0 Å². The molecule has 0 aliphatic carbocycles. The maximum absolute atomic E-state index is 13.8. The van der Waals surface area contributed by atoms with Crippen molar-refractivity contribution >= 4 is 11.6 Å². The van der Waals surface area contributed by atoms with E-state index in [4.69, 9.17) is 11.6 Å². The molecular formula is C14H14ClFN2. The van der Waals surface area contributed by atoms with Crippen LogP contribution in [0.3, 0.4) is 0 Å². The first-order chi connectivity index (χ1) is 8.63. The number of nitrogens with zero attached hydrogens (tertiary/aromatic N) is 2. The lowest BCUT2D eigenvalue weighted by molar-refractivity contribution is 0.630. The molecule has 0 unspecified atom stereocenters. The number of rotatable bonds is 3. The molecule has 0 N–H and O–H groups in total. The van der Waals surface area contributed by atoms with Crippen molar-refractivity contribution in [1.29, 1.82) is 0 Å². The maximum Gasteiger partial charge on any atom is 0.136 e. The monoisotopic (exact) mass is 264 g/mol.